The van der Waals surface area contributed by atoms with E-state index >= 15 is 0 Å². The zero-order valence-electron chi connectivity index (χ0n) is 11.6. The van der Waals surface area contributed by atoms with E-state index in [0.29, 0.717) is 0 Å². The number of nitrogens with zero attached hydrogens (tertiary/aromatic N) is 4. The third-order valence-electron chi connectivity index (χ3n) is 4.02. The summed E-state index contributed by atoms with van der Waals surface area (Å²) in [5.41, 5.74) is 1.15. The lowest BCUT2D eigenvalue weighted by atomic mass is 9.90. The van der Waals surface area contributed by atoms with Crippen LogP contribution in [0.2, 0.25) is 0 Å². The first-order chi connectivity index (χ1) is 8.48. The van der Waals surface area contributed by atoms with E-state index in [4.69, 9.17) is 0 Å². The van der Waals surface area contributed by atoms with Gasteiger partial charge in [-0.15, -0.1) is 5.10 Å². The minimum absolute atomic E-state index is 0.0449. The van der Waals surface area contributed by atoms with Crippen LogP contribution in [0, 0.1) is 0 Å². The van der Waals surface area contributed by atoms with Gasteiger partial charge in [0, 0.05) is 12.6 Å². The van der Waals surface area contributed by atoms with Crippen LogP contribution in [-0.4, -0.2) is 45.6 Å². The molecule has 0 amide bonds. The SMILES string of the molecule is CNC(c1c(Br)nnn1C)C(C)(C)N1CCCC1. The van der Waals surface area contributed by atoms with Crippen molar-refractivity contribution in [2.45, 2.75) is 38.3 Å². The summed E-state index contributed by atoms with van der Waals surface area (Å²) in [6.07, 6.45) is 2.59. The zero-order chi connectivity index (χ0) is 13.3. The summed E-state index contributed by atoms with van der Waals surface area (Å²) >= 11 is 3.51. The van der Waals surface area contributed by atoms with Crippen LogP contribution in [0.4, 0.5) is 0 Å². The minimum Gasteiger partial charge on any atom is -0.310 e. The highest BCUT2D eigenvalue weighted by atomic mass is 79.9. The van der Waals surface area contributed by atoms with Crippen LogP contribution in [0.1, 0.15) is 38.4 Å². The van der Waals surface area contributed by atoms with Crippen molar-refractivity contribution < 1.29 is 0 Å². The Labute approximate surface area is 117 Å². The van der Waals surface area contributed by atoms with Crippen LogP contribution in [0.25, 0.3) is 0 Å². The summed E-state index contributed by atoms with van der Waals surface area (Å²) in [5, 5.41) is 11.6. The Morgan fingerprint density at radius 3 is 2.39 bits per heavy atom. The fourth-order valence-corrected chi connectivity index (χ4v) is 3.50. The van der Waals surface area contributed by atoms with E-state index in [1.807, 2.05) is 18.8 Å². The molecule has 1 fully saturated rings. The minimum atomic E-state index is 0.0449. The summed E-state index contributed by atoms with van der Waals surface area (Å²) in [7, 11) is 3.94. The smallest absolute Gasteiger partial charge is 0.153 e. The highest BCUT2D eigenvalue weighted by Crippen LogP contribution is 2.35. The Morgan fingerprint density at radius 2 is 1.94 bits per heavy atom. The molecule has 1 aliphatic heterocycles. The van der Waals surface area contributed by atoms with E-state index in [-0.39, 0.29) is 11.6 Å². The summed E-state index contributed by atoms with van der Waals surface area (Å²) < 4.78 is 2.68. The Balaban J connectivity index is 2.32. The molecule has 0 bridgehead atoms. The van der Waals surface area contributed by atoms with Gasteiger partial charge >= 0.3 is 0 Å². The quantitative estimate of drug-likeness (QED) is 0.919. The van der Waals surface area contributed by atoms with Crippen LogP contribution in [0.5, 0.6) is 0 Å². The van der Waals surface area contributed by atoms with Crippen LogP contribution in [0.15, 0.2) is 4.60 Å². The van der Waals surface area contributed by atoms with Gasteiger partial charge in [-0.3, -0.25) is 4.90 Å². The third kappa shape index (κ3) is 2.33. The van der Waals surface area contributed by atoms with Crippen LogP contribution < -0.4 is 5.32 Å². The fourth-order valence-electron chi connectivity index (χ4n) is 2.95. The lowest BCUT2D eigenvalue weighted by Gasteiger charge is -2.41. The summed E-state index contributed by atoms with van der Waals surface area (Å²) in [4.78, 5) is 2.55. The van der Waals surface area contributed by atoms with Crippen molar-refractivity contribution in [1.29, 1.82) is 0 Å². The second-order valence-electron chi connectivity index (χ2n) is 5.46. The molecule has 1 atom stereocenters. The molecule has 1 aromatic rings. The molecule has 1 aliphatic rings. The first kappa shape index (κ1) is 14.0. The number of aromatic nitrogens is 3. The monoisotopic (exact) mass is 315 g/mol. The van der Waals surface area contributed by atoms with Gasteiger partial charge in [0.15, 0.2) is 4.60 Å². The van der Waals surface area contributed by atoms with Gasteiger partial charge in [-0.1, -0.05) is 5.21 Å². The number of likely N-dealkylation sites (N-methyl/N-ethyl adjacent to an activating group) is 1. The highest BCUT2D eigenvalue weighted by molar-refractivity contribution is 9.10. The molecule has 18 heavy (non-hydrogen) atoms. The molecule has 2 rings (SSSR count). The Bertz CT molecular complexity index is 389. The maximum atomic E-state index is 4.10. The average Bonchev–Trinajstić information content (AvgIpc) is 2.94. The number of halogens is 1. The molecule has 1 unspecified atom stereocenters. The standard InChI is InChI=1S/C12H22BrN5/c1-12(2,18-7-5-6-8-18)10(14-3)9-11(13)15-16-17(9)4/h10,14H,5-8H2,1-4H3. The Morgan fingerprint density at radius 1 is 1.33 bits per heavy atom. The predicted octanol–water partition coefficient (Wildman–Crippen LogP) is 1.71. The molecule has 6 heteroatoms. The maximum Gasteiger partial charge on any atom is 0.153 e. The number of likely N-dealkylation sites (tertiary alicyclic amines) is 1. The van der Waals surface area contributed by atoms with Gasteiger partial charge in [0.1, 0.15) is 0 Å². The number of aryl methyl sites for hydroxylation is 1. The highest BCUT2D eigenvalue weighted by Gasteiger charge is 2.39. The van der Waals surface area contributed by atoms with Crippen molar-refractivity contribution in [1.82, 2.24) is 25.2 Å². The number of hydrogen-bond donors (Lipinski definition) is 1. The molecule has 0 saturated carbocycles. The number of nitrogens with one attached hydrogen (secondary N) is 1. The number of hydrogen-bond acceptors (Lipinski definition) is 4. The number of rotatable bonds is 4. The van der Waals surface area contributed by atoms with E-state index in [1.54, 1.807) is 0 Å². The van der Waals surface area contributed by atoms with Gasteiger partial charge in [0.25, 0.3) is 0 Å². The Hall–Kier alpha value is -0.460. The molecule has 5 nitrogen and oxygen atoms in total. The van der Waals surface area contributed by atoms with Crippen molar-refractivity contribution in [3.05, 3.63) is 10.3 Å². The van der Waals surface area contributed by atoms with E-state index in [0.717, 1.165) is 10.3 Å². The summed E-state index contributed by atoms with van der Waals surface area (Å²) in [6, 6.07) is 0.199. The topological polar surface area (TPSA) is 46.0 Å². The van der Waals surface area contributed by atoms with Crippen LogP contribution >= 0.6 is 15.9 Å². The maximum absolute atomic E-state index is 4.10. The lowest BCUT2D eigenvalue weighted by Crippen LogP contribution is -2.51. The second kappa shape index (κ2) is 5.27. The fraction of sp³-hybridized carbons (Fsp3) is 0.833. The molecule has 1 N–H and O–H groups in total. The van der Waals surface area contributed by atoms with Crippen molar-refractivity contribution in [3.8, 4) is 0 Å². The molecule has 1 aromatic heterocycles. The third-order valence-corrected chi connectivity index (χ3v) is 4.58. The molecule has 0 aliphatic carbocycles. The Kier molecular flexibility index (Phi) is 4.08. The predicted molar refractivity (Wildman–Crippen MR) is 75.4 cm³/mol. The molecule has 1 saturated heterocycles. The van der Waals surface area contributed by atoms with Crippen molar-refractivity contribution in [2.24, 2.45) is 7.05 Å². The molecule has 2 heterocycles. The van der Waals surface area contributed by atoms with Gasteiger partial charge in [-0.25, -0.2) is 4.68 Å². The first-order valence-corrected chi connectivity index (χ1v) is 7.25. The van der Waals surface area contributed by atoms with Crippen molar-refractivity contribution in [3.63, 3.8) is 0 Å². The van der Waals surface area contributed by atoms with Crippen LogP contribution in [-0.2, 0) is 7.05 Å². The van der Waals surface area contributed by atoms with Crippen LogP contribution in [0.3, 0.4) is 0 Å². The van der Waals surface area contributed by atoms with E-state index in [1.165, 1.54) is 25.9 Å². The van der Waals surface area contributed by atoms with E-state index < -0.39 is 0 Å². The van der Waals surface area contributed by atoms with Gasteiger partial charge in [0.2, 0.25) is 0 Å². The zero-order valence-corrected chi connectivity index (χ0v) is 13.2. The normalized spacial score (nSPS) is 19.4. The van der Waals surface area contributed by atoms with Crippen molar-refractivity contribution in [2.75, 3.05) is 20.1 Å². The first-order valence-electron chi connectivity index (χ1n) is 6.46. The lowest BCUT2D eigenvalue weighted by molar-refractivity contribution is 0.106. The molecular weight excluding hydrogens is 294 g/mol. The van der Waals surface area contributed by atoms with Gasteiger partial charge < -0.3 is 5.32 Å². The molecule has 102 valence electrons. The summed E-state index contributed by atoms with van der Waals surface area (Å²) in [5.74, 6) is 0. The van der Waals surface area contributed by atoms with E-state index in [2.05, 4.69) is 50.3 Å². The second-order valence-corrected chi connectivity index (χ2v) is 6.21. The van der Waals surface area contributed by atoms with Gasteiger partial charge in [0.05, 0.1) is 11.7 Å². The largest absolute Gasteiger partial charge is 0.310 e. The van der Waals surface area contributed by atoms with Gasteiger partial charge in [-0.05, 0) is 62.8 Å². The molecule has 0 aromatic carbocycles. The molecular formula is C12H22BrN5. The molecule has 0 radical (unpaired) electrons. The summed E-state index contributed by atoms with van der Waals surface area (Å²) in [6.45, 7) is 6.93. The molecule has 0 spiro atoms. The van der Waals surface area contributed by atoms with Gasteiger partial charge in [-0.2, -0.15) is 0 Å². The average molecular weight is 316 g/mol. The van der Waals surface area contributed by atoms with Crippen molar-refractivity contribution >= 4 is 15.9 Å². The van der Waals surface area contributed by atoms with E-state index in [9.17, 15) is 0 Å².